The predicted molar refractivity (Wildman–Crippen MR) is 73.5 cm³/mol. The molecule has 0 bridgehead atoms. The van der Waals surface area contributed by atoms with Crippen LogP contribution >= 0.6 is 22.7 Å². The van der Waals surface area contributed by atoms with E-state index in [1.165, 1.54) is 11.3 Å². The largest absolute Gasteiger partial charge is 0.374 e. The molecule has 0 aliphatic rings. The molecule has 0 atom stereocenters. The van der Waals surface area contributed by atoms with Crippen molar-refractivity contribution in [2.24, 2.45) is 0 Å². The van der Waals surface area contributed by atoms with Crippen LogP contribution in [0.5, 0.6) is 0 Å². The van der Waals surface area contributed by atoms with Gasteiger partial charge in [-0.3, -0.25) is 0 Å². The van der Waals surface area contributed by atoms with Crippen molar-refractivity contribution >= 4 is 27.8 Å². The van der Waals surface area contributed by atoms with E-state index in [1.807, 2.05) is 0 Å². The van der Waals surface area contributed by atoms with E-state index in [-0.39, 0.29) is 0 Å². The molecule has 0 fully saturated rings. The van der Waals surface area contributed by atoms with Gasteiger partial charge in [-0.1, -0.05) is 38.5 Å². The van der Waals surface area contributed by atoms with E-state index in [0.29, 0.717) is 11.0 Å². The number of thiazole rings is 1. The number of nitrogens with zero attached hydrogens (tertiary/aromatic N) is 3. The molecule has 2 rings (SSSR count). The molecule has 0 aliphatic carbocycles. The highest BCUT2D eigenvalue weighted by atomic mass is 32.1. The van der Waals surface area contributed by atoms with Gasteiger partial charge < -0.3 is 5.73 Å². The van der Waals surface area contributed by atoms with Crippen LogP contribution in [0.15, 0.2) is 0 Å². The van der Waals surface area contributed by atoms with Crippen molar-refractivity contribution < 1.29 is 0 Å². The van der Waals surface area contributed by atoms with Gasteiger partial charge in [0.15, 0.2) is 5.01 Å². The molecular weight excluding hydrogens is 252 g/mol. The van der Waals surface area contributed by atoms with Crippen molar-refractivity contribution in [2.45, 2.75) is 39.5 Å². The number of nitrogens with two attached hydrogens (primary N) is 1. The van der Waals surface area contributed by atoms with Gasteiger partial charge in [-0.25, -0.2) is 4.98 Å². The number of hydrogen-bond donors (Lipinski definition) is 1. The zero-order chi connectivity index (χ0) is 12.4. The Morgan fingerprint density at radius 3 is 2.53 bits per heavy atom. The van der Waals surface area contributed by atoms with E-state index in [2.05, 4.69) is 31.0 Å². The second-order valence-corrected chi connectivity index (χ2v) is 6.22. The lowest BCUT2D eigenvalue weighted by Crippen LogP contribution is -1.89. The minimum atomic E-state index is 0.453. The first-order valence-corrected chi connectivity index (χ1v) is 7.34. The molecule has 0 aromatic carbocycles. The number of rotatable bonds is 4. The lowest BCUT2D eigenvalue weighted by Gasteiger charge is -1.96. The van der Waals surface area contributed by atoms with E-state index in [9.17, 15) is 0 Å². The van der Waals surface area contributed by atoms with Crippen molar-refractivity contribution in [1.29, 1.82) is 0 Å². The zero-order valence-electron chi connectivity index (χ0n) is 10.2. The third-order valence-electron chi connectivity index (χ3n) is 2.33. The first-order chi connectivity index (χ1) is 8.11. The monoisotopic (exact) mass is 268 g/mol. The van der Waals surface area contributed by atoms with E-state index in [4.69, 9.17) is 10.7 Å². The van der Waals surface area contributed by atoms with Crippen molar-refractivity contribution in [2.75, 3.05) is 5.73 Å². The van der Waals surface area contributed by atoms with Crippen LogP contribution < -0.4 is 5.73 Å². The Morgan fingerprint density at radius 2 is 2.00 bits per heavy atom. The second kappa shape index (κ2) is 5.10. The van der Waals surface area contributed by atoms with Gasteiger partial charge in [-0.2, -0.15) is 0 Å². The first kappa shape index (κ1) is 12.4. The van der Waals surface area contributed by atoms with Crippen LogP contribution in [0.1, 0.15) is 43.8 Å². The molecule has 0 spiro atoms. The maximum absolute atomic E-state index is 5.64. The van der Waals surface area contributed by atoms with Crippen LogP contribution in [0.3, 0.4) is 0 Å². The molecular formula is C11H16N4S2. The molecule has 2 heterocycles. The maximum Gasteiger partial charge on any atom is 0.203 e. The Balaban J connectivity index is 2.43. The number of anilines is 1. The first-order valence-electron chi connectivity index (χ1n) is 5.70. The van der Waals surface area contributed by atoms with E-state index in [0.717, 1.165) is 33.4 Å². The highest BCUT2D eigenvalue weighted by Gasteiger charge is 2.17. The number of aromatic nitrogens is 3. The van der Waals surface area contributed by atoms with E-state index < -0.39 is 0 Å². The number of hydrogen-bond acceptors (Lipinski definition) is 6. The maximum atomic E-state index is 5.64. The van der Waals surface area contributed by atoms with Gasteiger partial charge >= 0.3 is 0 Å². The minimum absolute atomic E-state index is 0.453. The SMILES string of the molecule is CCCc1nc(C(C)C)sc1-c1nnc(N)s1. The van der Waals surface area contributed by atoms with Gasteiger partial charge in [0.25, 0.3) is 0 Å². The van der Waals surface area contributed by atoms with E-state index >= 15 is 0 Å². The third kappa shape index (κ3) is 2.63. The summed E-state index contributed by atoms with van der Waals surface area (Å²) in [7, 11) is 0. The standard InChI is InChI=1S/C11H16N4S2/c1-4-5-7-8(10-14-15-11(12)17-10)16-9(13-7)6(2)3/h6H,4-5H2,1-3H3,(H2,12,15). The predicted octanol–water partition coefficient (Wildman–Crippen LogP) is 3.32. The molecule has 0 aliphatic heterocycles. The third-order valence-corrected chi connectivity index (χ3v) is 4.63. The fourth-order valence-electron chi connectivity index (χ4n) is 1.52. The Labute approximate surface area is 109 Å². The molecule has 0 radical (unpaired) electrons. The summed E-state index contributed by atoms with van der Waals surface area (Å²) in [5.41, 5.74) is 6.77. The molecule has 2 N–H and O–H groups in total. The van der Waals surface area contributed by atoms with E-state index in [1.54, 1.807) is 11.3 Å². The summed E-state index contributed by atoms with van der Waals surface area (Å²) in [6.07, 6.45) is 2.07. The minimum Gasteiger partial charge on any atom is -0.374 e. The summed E-state index contributed by atoms with van der Waals surface area (Å²) in [6, 6.07) is 0. The smallest absolute Gasteiger partial charge is 0.203 e. The molecule has 0 unspecified atom stereocenters. The molecule has 17 heavy (non-hydrogen) atoms. The highest BCUT2D eigenvalue weighted by molar-refractivity contribution is 7.23. The molecule has 2 aromatic heterocycles. The Bertz CT molecular complexity index is 501. The molecule has 0 amide bonds. The fourth-order valence-corrected chi connectivity index (χ4v) is 3.33. The summed E-state index contributed by atoms with van der Waals surface area (Å²) in [5.74, 6) is 0.453. The lowest BCUT2D eigenvalue weighted by molar-refractivity contribution is 0.823. The Hall–Kier alpha value is -1.01. The topological polar surface area (TPSA) is 64.7 Å². The fraction of sp³-hybridized carbons (Fsp3) is 0.545. The van der Waals surface area contributed by atoms with Crippen LogP contribution in [-0.4, -0.2) is 15.2 Å². The van der Waals surface area contributed by atoms with Gasteiger partial charge in [-0.15, -0.1) is 21.5 Å². The van der Waals surface area contributed by atoms with Crippen molar-refractivity contribution in [3.63, 3.8) is 0 Å². The number of aryl methyl sites for hydroxylation is 1. The van der Waals surface area contributed by atoms with Gasteiger partial charge in [0.05, 0.1) is 15.6 Å². The second-order valence-electron chi connectivity index (χ2n) is 4.18. The summed E-state index contributed by atoms with van der Waals surface area (Å²) >= 11 is 3.15. The summed E-state index contributed by atoms with van der Waals surface area (Å²) in [4.78, 5) is 5.84. The average molecular weight is 268 g/mol. The van der Waals surface area contributed by atoms with Crippen LogP contribution in [0.2, 0.25) is 0 Å². The molecule has 0 saturated heterocycles. The number of nitrogen functional groups attached to an aromatic ring is 1. The average Bonchev–Trinajstić information content (AvgIpc) is 2.85. The normalized spacial score (nSPS) is 11.3. The van der Waals surface area contributed by atoms with Gasteiger partial charge in [0, 0.05) is 5.92 Å². The van der Waals surface area contributed by atoms with Crippen LogP contribution in [-0.2, 0) is 6.42 Å². The Morgan fingerprint density at radius 1 is 1.24 bits per heavy atom. The molecule has 0 saturated carbocycles. The molecule has 2 aromatic rings. The summed E-state index contributed by atoms with van der Waals surface area (Å²) in [6.45, 7) is 6.48. The van der Waals surface area contributed by atoms with Crippen molar-refractivity contribution in [1.82, 2.24) is 15.2 Å². The van der Waals surface area contributed by atoms with Crippen LogP contribution in [0, 0.1) is 0 Å². The van der Waals surface area contributed by atoms with Gasteiger partial charge in [0.1, 0.15) is 0 Å². The quantitative estimate of drug-likeness (QED) is 0.923. The summed E-state index contributed by atoms with van der Waals surface area (Å²) < 4.78 is 0. The Kier molecular flexibility index (Phi) is 3.73. The van der Waals surface area contributed by atoms with Gasteiger partial charge in [-0.05, 0) is 6.42 Å². The summed E-state index contributed by atoms with van der Waals surface area (Å²) in [5, 5.41) is 10.6. The van der Waals surface area contributed by atoms with Crippen LogP contribution in [0.25, 0.3) is 9.88 Å². The van der Waals surface area contributed by atoms with Crippen LogP contribution in [0.4, 0.5) is 5.13 Å². The highest BCUT2D eigenvalue weighted by Crippen LogP contribution is 2.36. The molecule has 92 valence electrons. The zero-order valence-corrected chi connectivity index (χ0v) is 11.9. The lowest BCUT2D eigenvalue weighted by atomic mass is 10.2. The van der Waals surface area contributed by atoms with Gasteiger partial charge in [0.2, 0.25) is 5.13 Å². The van der Waals surface area contributed by atoms with Crippen molar-refractivity contribution in [3.8, 4) is 9.88 Å². The molecule has 6 heteroatoms. The van der Waals surface area contributed by atoms with Crippen molar-refractivity contribution in [3.05, 3.63) is 10.7 Å². The molecule has 4 nitrogen and oxygen atoms in total.